The SMILES string of the molecule is CN(CCN(CC(=O)O)Cc1ccccc1O)CC(=O)O. The van der Waals surface area contributed by atoms with Crippen molar-refractivity contribution in [2.45, 2.75) is 6.54 Å². The van der Waals surface area contributed by atoms with E-state index in [1.54, 1.807) is 41.1 Å². The molecule has 116 valence electrons. The van der Waals surface area contributed by atoms with Crippen molar-refractivity contribution in [3.8, 4) is 5.75 Å². The van der Waals surface area contributed by atoms with E-state index in [0.717, 1.165) is 0 Å². The molecule has 21 heavy (non-hydrogen) atoms. The number of carboxylic acid groups (broad SMARTS) is 2. The second-order valence-corrected chi connectivity index (χ2v) is 4.86. The van der Waals surface area contributed by atoms with Crippen LogP contribution >= 0.6 is 0 Å². The van der Waals surface area contributed by atoms with E-state index in [9.17, 15) is 14.7 Å². The Hall–Kier alpha value is -2.12. The predicted molar refractivity (Wildman–Crippen MR) is 76.2 cm³/mol. The molecule has 0 heterocycles. The van der Waals surface area contributed by atoms with E-state index in [-0.39, 0.29) is 18.8 Å². The quantitative estimate of drug-likeness (QED) is 0.602. The Morgan fingerprint density at radius 2 is 1.67 bits per heavy atom. The minimum atomic E-state index is -0.966. The van der Waals surface area contributed by atoms with Crippen LogP contribution in [0.2, 0.25) is 0 Å². The van der Waals surface area contributed by atoms with Gasteiger partial charge in [0.2, 0.25) is 0 Å². The summed E-state index contributed by atoms with van der Waals surface area (Å²) in [5.74, 6) is -1.78. The third kappa shape index (κ3) is 6.73. The fourth-order valence-electron chi connectivity index (χ4n) is 1.91. The van der Waals surface area contributed by atoms with Crippen LogP contribution in [0, 0.1) is 0 Å². The van der Waals surface area contributed by atoms with Gasteiger partial charge < -0.3 is 15.3 Å². The number of likely N-dealkylation sites (N-methyl/N-ethyl adjacent to an activating group) is 1. The van der Waals surface area contributed by atoms with Gasteiger partial charge in [-0.25, -0.2) is 0 Å². The van der Waals surface area contributed by atoms with E-state index in [1.165, 1.54) is 0 Å². The van der Waals surface area contributed by atoms with Crippen molar-refractivity contribution >= 4 is 11.9 Å². The fraction of sp³-hybridized carbons (Fsp3) is 0.429. The summed E-state index contributed by atoms with van der Waals surface area (Å²) in [5.41, 5.74) is 0.639. The second-order valence-electron chi connectivity index (χ2n) is 4.86. The maximum Gasteiger partial charge on any atom is 0.317 e. The molecular weight excluding hydrogens is 276 g/mol. The number of hydrogen-bond donors (Lipinski definition) is 3. The van der Waals surface area contributed by atoms with Gasteiger partial charge in [-0.3, -0.25) is 19.4 Å². The number of aromatic hydroxyl groups is 1. The number of para-hydroxylation sites is 1. The predicted octanol–water partition coefficient (Wildman–Crippen LogP) is 0.295. The highest BCUT2D eigenvalue weighted by Crippen LogP contribution is 2.17. The van der Waals surface area contributed by atoms with Crippen molar-refractivity contribution in [2.24, 2.45) is 0 Å². The summed E-state index contributed by atoms with van der Waals surface area (Å²) in [6.45, 7) is 0.838. The molecule has 0 unspecified atom stereocenters. The molecule has 0 aromatic heterocycles. The van der Waals surface area contributed by atoms with Crippen LogP contribution in [-0.4, -0.2) is 70.3 Å². The third-order valence-corrected chi connectivity index (χ3v) is 2.95. The molecule has 0 saturated heterocycles. The molecule has 0 aliphatic rings. The molecule has 0 aliphatic carbocycles. The van der Waals surface area contributed by atoms with Crippen LogP contribution in [0.4, 0.5) is 0 Å². The van der Waals surface area contributed by atoms with Gasteiger partial charge in [0.1, 0.15) is 5.75 Å². The van der Waals surface area contributed by atoms with E-state index in [4.69, 9.17) is 10.2 Å². The van der Waals surface area contributed by atoms with Crippen LogP contribution in [0.1, 0.15) is 5.56 Å². The van der Waals surface area contributed by atoms with E-state index >= 15 is 0 Å². The monoisotopic (exact) mass is 296 g/mol. The van der Waals surface area contributed by atoms with Crippen molar-refractivity contribution in [1.29, 1.82) is 0 Å². The number of phenolic OH excluding ortho intramolecular Hbond substituents is 1. The minimum absolute atomic E-state index is 0.0997. The lowest BCUT2D eigenvalue weighted by Gasteiger charge is -2.23. The maximum absolute atomic E-state index is 10.9. The molecular formula is C14H20N2O5. The van der Waals surface area contributed by atoms with Crippen LogP contribution in [0.25, 0.3) is 0 Å². The number of carbonyl (C=O) groups is 2. The van der Waals surface area contributed by atoms with Crippen molar-refractivity contribution in [2.75, 3.05) is 33.2 Å². The maximum atomic E-state index is 10.9. The first-order valence-corrected chi connectivity index (χ1v) is 6.50. The van der Waals surface area contributed by atoms with Crippen molar-refractivity contribution in [3.63, 3.8) is 0 Å². The van der Waals surface area contributed by atoms with Gasteiger partial charge >= 0.3 is 11.9 Å². The van der Waals surface area contributed by atoms with Crippen LogP contribution < -0.4 is 0 Å². The Kier molecular flexibility index (Phi) is 6.64. The fourth-order valence-corrected chi connectivity index (χ4v) is 1.91. The molecule has 0 bridgehead atoms. The Labute approximate surface area is 123 Å². The standard InChI is InChI=1S/C14H20N2O5/c1-15(9-13(18)19)6-7-16(10-14(20)21)8-11-4-2-3-5-12(11)17/h2-5,17H,6-10H2,1H3,(H,18,19)(H,20,21). The largest absolute Gasteiger partial charge is 0.508 e. The average Bonchev–Trinajstić information content (AvgIpc) is 2.37. The molecule has 7 nitrogen and oxygen atoms in total. The molecule has 0 fully saturated rings. The molecule has 0 atom stereocenters. The zero-order chi connectivity index (χ0) is 15.8. The van der Waals surface area contributed by atoms with Crippen molar-refractivity contribution in [1.82, 2.24) is 9.80 Å². The average molecular weight is 296 g/mol. The van der Waals surface area contributed by atoms with Crippen LogP contribution in [0.5, 0.6) is 5.75 Å². The topological polar surface area (TPSA) is 101 Å². The van der Waals surface area contributed by atoms with Gasteiger partial charge in [0.25, 0.3) is 0 Å². The lowest BCUT2D eigenvalue weighted by atomic mass is 10.2. The number of phenols is 1. The van der Waals surface area contributed by atoms with Gasteiger partial charge in [0.05, 0.1) is 13.1 Å². The zero-order valence-electron chi connectivity index (χ0n) is 11.9. The Balaban J connectivity index is 2.61. The first kappa shape index (κ1) is 16.9. The molecule has 0 aliphatic heterocycles. The highest BCUT2D eigenvalue weighted by atomic mass is 16.4. The summed E-state index contributed by atoms with van der Waals surface area (Å²) in [4.78, 5) is 24.7. The first-order valence-electron chi connectivity index (χ1n) is 6.50. The smallest absolute Gasteiger partial charge is 0.317 e. The summed E-state index contributed by atoms with van der Waals surface area (Å²) < 4.78 is 0. The number of rotatable bonds is 9. The molecule has 0 spiro atoms. The Bertz CT molecular complexity index is 492. The van der Waals surface area contributed by atoms with Gasteiger partial charge in [-0.05, 0) is 13.1 Å². The lowest BCUT2D eigenvalue weighted by molar-refractivity contribution is -0.140. The van der Waals surface area contributed by atoms with E-state index in [1.807, 2.05) is 0 Å². The van der Waals surface area contributed by atoms with E-state index in [0.29, 0.717) is 25.2 Å². The van der Waals surface area contributed by atoms with Gasteiger partial charge in [-0.15, -0.1) is 0 Å². The Morgan fingerprint density at radius 3 is 2.24 bits per heavy atom. The molecule has 1 rings (SSSR count). The second kappa shape index (κ2) is 8.23. The molecule has 0 radical (unpaired) electrons. The summed E-state index contributed by atoms with van der Waals surface area (Å²) >= 11 is 0. The number of benzene rings is 1. The number of hydrogen-bond acceptors (Lipinski definition) is 5. The van der Waals surface area contributed by atoms with Crippen molar-refractivity contribution < 1.29 is 24.9 Å². The highest BCUT2D eigenvalue weighted by molar-refractivity contribution is 5.69. The van der Waals surface area contributed by atoms with Gasteiger partial charge in [-0.2, -0.15) is 0 Å². The van der Waals surface area contributed by atoms with Crippen LogP contribution in [0.3, 0.4) is 0 Å². The molecule has 0 saturated carbocycles. The van der Waals surface area contributed by atoms with Gasteiger partial charge in [0, 0.05) is 25.2 Å². The Morgan fingerprint density at radius 1 is 1.05 bits per heavy atom. The first-order chi connectivity index (χ1) is 9.88. The molecule has 7 heteroatoms. The number of nitrogens with zero attached hydrogens (tertiary/aromatic N) is 2. The molecule has 1 aromatic carbocycles. The summed E-state index contributed by atoms with van der Waals surface area (Å²) in [5, 5.41) is 27.3. The van der Waals surface area contributed by atoms with Crippen LogP contribution in [0.15, 0.2) is 24.3 Å². The third-order valence-electron chi connectivity index (χ3n) is 2.95. The van der Waals surface area contributed by atoms with E-state index < -0.39 is 11.9 Å². The number of carboxylic acids is 2. The summed E-state index contributed by atoms with van der Waals surface area (Å²) in [6, 6.07) is 6.74. The molecule has 0 amide bonds. The summed E-state index contributed by atoms with van der Waals surface area (Å²) in [7, 11) is 1.66. The van der Waals surface area contributed by atoms with Gasteiger partial charge in [0.15, 0.2) is 0 Å². The zero-order valence-corrected chi connectivity index (χ0v) is 11.9. The highest BCUT2D eigenvalue weighted by Gasteiger charge is 2.14. The van der Waals surface area contributed by atoms with Crippen molar-refractivity contribution in [3.05, 3.63) is 29.8 Å². The van der Waals surface area contributed by atoms with E-state index in [2.05, 4.69) is 0 Å². The normalized spacial score (nSPS) is 11.0. The lowest BCUT2D eigenvalue weighted by Crippen LogP contribution is -2.37. The summed E-state index contributed by atoms with van der Waals surface area (Å²) in [6.07, 6.45) is 0. The minimum Gasteiger partial charge on any atom is -0.508 e. The molecule has 1 aromatic rings. The van der Waals surface area contributed by atoms with Gasteiger partial charge in [-0.1, -0.05) is 18.2 Å². The molecule has 3 N–H and O–H groups in total. The number of aliphatic carboxylic acids is 2. The van der Waals surface area contributed by atoms with Crippen LogP contribution in [-0.2, 0) is 16.1 Å².